The van der Waals surface area contributed by atoms with Crippen molar-refractivity contribution in [2.24, 2.45) is 0 Å². The number of anilines is 1. The molecule has 0 aromatic heterocycles. The maximum atomic E-state index is 11.3. The molecule has 0 heterocycles. The van der Waals surface area contributed by atoms with E-state index in [1.54, 1.807) is 19.1 Å². The number of carboxylic acid groups (broad SMARTS) is 1. The molecule has 1 aromatic rings. The zero-order chi connectivity index (χ0) is 15.8. The summed E-state index contributed by atoms with van der Waals surface area (Å²) in [7, 11) is 1.42. The number of benzene rings is 1. The summed E-state index contributed by atoms with van der Waals surface area (Å²) in [5.41, 5.74) is -0.0595. The summed E-state index contributed by atoms with van der Waals surface area (Å²) in [4.78, 5) is 11.3. The zero-order valence-electron chi connectivity index (χ0n) is 11.5. The number of carbonyl (C=O) groups is 1. The normalized spacial score (nSPS) is 8.95. The largest absolute Gasteiger partial charge is 0.493 e. The van der Waals surface area contributed by atoms with Crippen LogP contribution < -0.4 is 14.8 Å². The van der Waals surface area contributed by atoms with Crippen LogP contribution in [0.3, 0.4) is 0 Å². The molecule has 21 heavy (non-hydrogen) atoms. The highest BCUT2D eigenvalue weighted by atomic mass is 16.5. The van der Waals surface area contributed by atoms with E-state index < -0.39 is 5.97 Å². The van der Waals surface area contributed by atoms with Crippen LogP contribution in [0.2, 0.25) is 0 Å². The molecule has 108 valence electrons. The number of hydrogen-bond donors (Lipinski definition) is 2. The summed E-state index contributed by atoms with van der Waals surface area (Å²) in [6.07, 6.45) is 1.13. The first kappa shape index (κ1) is 15.9. The van der Waals surface area contributed by atoms with Crippen molar-refractivity contribution in [1.82, 2.24) is 0 Å². The molecule has 0 fully saturated rings. The molecule has 0 radical (unpaired) electrons. The van der Waals surface area contributed by atoms with Crippen LogP contribution in [0.5, 0.6) is 11.5 Å². The summed E-state index contributed by atoms with van der Waals surface area (Å²) in [6.45, 7) is 2.12. The summed E-state index contributed by atoms with van der Waals surface area (Å²) < 4.78 is 10.4. The molecule has 7 heteroatoms. The standard InChI is InChI=1S/C14H13N3O4/c1-3-21-13-4-10(14(18)19)11(5-12(13)20-2)17-8-9(6-15)7-16/h4-5,8,17H,3H2,1-2H3,(H,18,19). The first-order valence-corrected chi connectivity index (χ1v) is 5.92. The Labute approximate surface area is 121 Å². The van der Waals surface area contributed by atoms with Crippen LogP contribution in [-0.4, -0.2) is 24.8 Å². The molecule has 0 aliphatic heterocycles. The lowest BCUT2D eigenvalue weighted by atomic mass is 10.1. The van der Waals surface area contributed by atoms with Crippen molar-refractivity contribution in [2.75, 3.05) is 19.0 Å². The maximum absolute atomic E-state index is 11.3. The second-order valence-corrected chi connectivity index (χ2v) is 3.71. The van der Waals surface area contributed by atoms with Gasteiger partial charge >= 0.3 is 5.97 Å². The van der Waals surface area contributed by atoms with Crippen molar-refractivity contribution in [2.45, 2.75) is 6.92 Å². The van der Waals surface area contributed by atoms with Gasteiger partial charge in [-0.3, -0.25) is 0 Å². The number of nitrogens with one attached hydrogen (secondary N) is 1. The number of ether oxygens (including phenoxy) is 2. The number of methoxy groups -OCH3 is 1. The zero-order valence-corrected chi connectivity index (χ0v) is 11.5. The molecule has 0 saturated heterocycles. The van der Waals surface area contributed by atoms with Gasteiger partial charge in [-0.15, -0.1) is 0 Å². The van der Waals surface area contributed by atoms with E-state index >= 15 is 0 Å². The van der Waals surface area contributed by atoms with Crippen molar-refractivity contribution >= 4 is 11.7 Å². The minimum atomic E-state index is -1.18. The number of allylic oxidation sites excluding steroid dienone is 1. The van der Waals surface area contributed by atoms with E-state index in [4.69, 9.17) is 20.0 Å². The third kappa shape index (κ3) is 3.88. The van der Waals surface area contributed by atoms with Gasteiger partial charge in [0.05, 0.1) is 25.0 Å². The van der Waals surface area contributed by atoms with E-state index in [-0.39, 0.29) is 16.8 Å². The topological polar surface area (TPSA) is 115 Å². The van der Waals surface area contributed by atoms with Crippen molar-refractivity contribution in [3.8, 4) is 23.6 Å². The molecular weight excluding hydrogens is 274 g/mol. The van der Waals surface area contributed by atoms with Gasteiger partial charge in [0.1, 0.15) is 17.7 Å². The van der Waals surface area contributed by atoms with Crippen LogP contribution in [0.25, 0.3) is 0 Å². The Morgan fingerprint density at radius 2 is 2.05 bits per heavy atom. The molecule has 0 unspecified atom stereocenters. The van der Waals surface area contributed by atoms with Crippen molar-refractivity contribution < 1.29 is 19.4 Å². The molecule has 2 N–H and O–H groups in total. The average molecular weight is 287 g/mol. The Morgan fingerprint density at radius 3 is 2.52 bits per heavy atom. The first-order chi connectivity index (χ1) is 10.1. The van der Waals surface area contributed by atoms with E-state index in [1.807, 2.05) is 0 Å². The summed E-state index contributed by atoms with van der Waals surface area (Å²) in [5, 5.41) is 29.1. The van der Waals surface area contributed by atoms with Crippen LogP contribution in [0.15, 0.2) is 23.9 Å². The highest BCUT2D eigenvalue weighted by Gasteiger charge is 2.16. The van der Waals surface area contributed by atoms with Crippen molar-refractivity contribution in [1.29, 1.82) is 10.5 Å². The smallest absolute Gasteiger partial charge is 0.337 e. The Balaban J connectivity index is 3.31. The lowest BCUT2D eigenvalue weighted by molar-refractivity contribution is 0.0697. The Kier molecular flexibility index (Phi) is 5.60. The van der Waals surface area contributed by atoms with Gasteiger partial charge in [0, 0.05) is 18.3 Å². The van der Waals surface area contributed by atoms with Gasteiger partial charge in [0.15, 0.2) is 11.5 Å². The first-order valence-electron chi connectivity index (χ1n) is 5.92. The van der Waals surface area contributed by atoms with E-state index in [2.05, 4.69) is 5.32 Å². The van der Waals surface area contributed by atoms with Crippen molar-refractivity contribution in [3.63, 3.8) is 0 Å². The van der Waals surface area contributed by atoms with Gasteiger partial charge < -0.3 is 19.9 Å². The molecule has 0 aliphatic carbocycles. The molecule has 0 atom stereocenters. The minimum absolute atomic E-state index is 0.0641. The van der Waals surface area contributed by atoms with Crippen LogP contribution >= 0.6 is 0 Å². The molecule has 1 rings (SSSR count). The highest BCUT2D eigenvalue weighted by molar-refractivity contribution is 5.95. The van der Waals surface area contributed by atoms with Crippen LogP contribution in [-0.2, 0) is 0 Å². The van der Waals surface area contributed by atoms with Crippen LogP contribution in [0.4, 0.5) is 5.69 Å². The Hall–Kier alpha value is -3.19. The molecule has 0 amide bonds. The Morgan fingerprint density at radius 1 is 1.38 bits per heavy atom. The molecule has 0 aliphatic rings. The lowest BCUT2D eigenvalue weighted by Crippen LogP contribution is -2.05. The second-order valence-electron chi connectivity index (χ2n) is 3.71. The fourth-order valence-electron chi connectivity index (χ4n) is 1.52. The quantitative estimate of drug-likeness (QED) is 0.770. The lowest BCUT2D eigenvalue weighted by Gasteiger charge is -2.13. The minimum Gasteiger partial charge on any atom is -0.493 e. The van der Waals surface area contributed by atoms with Gasteiger partial charge in [0.25, 0.3) is 0 Å². The molecular formula is C14H13N3O4. The third-order valence-electron chi connectivity index (χ3n) is 2.45. The number of hydrogen-bond acceptors (Lipinski definition) is 6. The SMILES string of the molecule is CCOc1cc(C(=O)O)c(NC=C(C#N)C#N)cc1OC. The van der Waals surface area contributed by atoms with E-state index in [0.29, 0.717) is 18.1 Å². The highest BCUT2D eigenvalue weighted by Crippen LogP contribution is 2.33. The van der Waals surface area contributed by atoms with Crippen LogP contribution in [0.1, 0.15) is 17.3 Å². The summed E-state index contributed by atoms with van der Waals surface area (Å²) in [6, 6.07) is 6.08. The average Bonchev–Trinajstić information content (AvgIpc) is 2.48. The van der Waals surface area contributed by atoms with E-state index in [9.17, 15) is 9.90 Å². The predicted octanol–water partition coefficient (Wildman–Crippen LogP) is 2.14. The van der Waals surface area contributed by atoms with Crippen molar-refractivity contribution in [3.05, 3.63) is 29.5 Å². The summed E-state index contributed by atoms with van der Waals surface area (Å²) >= 11 is 0. The fourth-order valence-corrected chi connectivity index (χ4v) is 1.52. The third-order valence-corrected chi connectivity index (χ3v) is 2.45. The fraction of sp³-hybridized carbons (Fsp3) is 0.214. The Bertz CT molecular complexity index is 637. The molecule has 0 spiro atoms. The van der Waals surface area contributed by atoms with Gasteiger partial charge in [-0.25, -0.2) is 4.79 Å². The summed E-state index contributed by atoms with van der Waals surface area (Å²) in [5.74, 6) is -0.536. The number of rotatable bonds is 6. The van der Waals surface area contributed by atoms with Gasteiger partial charge in [-0.1, -0.05) is 0 Å². The second kappa shape index (κ2) is 7.41. The maximum Gasteiger partial charge on any atom is 0.337 e. The number of carboxylic acids is 1. The van der Waals surface area contributed by atoms with E-state index in [1.165, 1.54) is 19.2 Å². The van der Waals surface area contributed by atoms with Crippen LogP contribution in [0, 0.1) is 22.7 Å². The van der Waals surface area contributed by atoms with Gasteiger partial charge in [0.2, 0.25) is 0 Å². The number of aromatic carboxylic acids is 1. The monoisotopic (exact) mass is 287 g/mol. The number of nitriles is 2. The molecule has 1 aromatic carbocycles. The predicted molar refractivity (Wildman–Crippen MR) is 74.1 cm³/mol. The molecule has 0 bridgehead atoms. The molecule has 7 nitrogen and oxygen atoms in total. The van der Waals surface area contributed by atoms with Gasteiger partial charge in [-0.05, 0) is 6.92 Å². The van der Waals surface area contributed by atoms with E-state index in [0.717, 1.165) is 6.20 Å². The van der Waals surface area contributed by atoms with Gasteiger partial charge in [-0.2, -0.15) is 10.5 Å². The molecule has 0 saturated carbocycles. The number of nitrogens with zero attached hydrogens (tertiary/aromatic N) is 2.